The average molecular weight is 401 g/mol. The van der Waals surface area contributed by atoms with E-state index in [1.165, 1.54) is 6.08 Å². The van der Waals surface area contributed by atoms with Gasteiger partial charge >= 0.3 is 0 Å². The van der Waals surface area contributed by atoms with Gasteiger partial charge in [0.15, 0.2) is 11.5 Å². The Morgan fingerprint density at radius 3 is 2.78 bits per heavy atom. The lowest BCUT2D eigenvalue weighted by atomic mass is 10.1. The van der Waals surface area contributed by atoms with Crippen molar-refractivity contribution in [2.75, 3.05) is 14.2 Å². The van der Waals surface area contributed by atoms with Crippen LogP contribution in [0.25, 0.3) is 16.6 Å². The van der Waals surface area contributed by atoms with Crippen molar-refractivity contribution < 1.29 is 14.3 Å². The summed E-state index contributed by atoms with van der Waals surface area (Å²) >= 11 is 3.27. The van der Waals surface area contributed by atoms with E-state index in [1.807, 2.05) is 42.6 Å². The molecule has 1 N–H and O–H groups in total. The number of methoxy groups -OCH3 is 2. The van der Waals surface area contributed by atoms with E-state index in [1.54, 1.807) is 43.0 Å². The van der Waals surface area contributed by atoms with Gasteiger partial charge in [0.05, 0.1) is 36.3 Å². The van der Waals surface area contributed by atoms with Crippen LogP contribution >= 0.6 is 22.7 Å². The summed E-state index contributed by atoms with van der Waals surface area (Å²) in [5.41, 5.74) is 1.77. The van der Waals surface area contributed by atoms with Crippen molar-refractivity contribution in [2.45, 2.75) is 13.5 Å². The Morgan fingerprint density at radius 1 is 1.22 bits per heavy atom. The number of thiophene rings is 1. The summed E-state index contributed by atoms with van der Waals surface area (Å²) in [6, 6.07) is 9.59. The normalized spacial score (nSPS) is 10.9. The van der Waals surface area contributed by atoms with E-state index in [2.05, 4.69) is 10.3 Å². The van der Waals surface area contributed by atoms with Crippen LogP contribution in [-0.2, 0) is 11.3 Å². The van der Waals surface area contributed by atoms with Crippen LogP contribution in [0.3, 0.4) is 0 Å². The first-order valence-corrected chi connectivity index (χ1v) is 9.98. The molecule has 0 bridgehead atoms. The standard InChI is InChI=1S/C20H20N2O3S2/c1-13-22-16(12-26-13)18-9-8-15(27-18)11-21-19(23)10-7-14-5-4-6-17(24-2)20(14)25-3/h4-10,12H,11H2,1-3H3,(H,21,23)/b10-7+. The molecule has 2 aromatic heterocycles. The third kappa shape index (κ3) is 4.75. The summed E-state index contributed by atoms with van der Waals surface area (Å²) in [6.07, 6.45) is 3.21. The first kappa shape index (κ1) is 19.1. The molecule has 0 aliphatic carbocycles. The number of nitrogens with zero attached hydrogens (tertiary/aromatic N) is 1. The predicted molar refractivity (Wildman–Crippen MR) is 111 cm³/mol. The highest BCUT2D eigenvalue weighted by Crippen LogP contribution is 2.31. The molecule has 0 radical (unpaired) electrons. The number of hydrogen-bond acceptors (Lipinski definition) is 6. The van der Waals surface area contributed by atoms with Gasteiger partial charge in [0.25, 0.3) is 0 Å². The van der Waals surface area contributed by atoms with Crippen molar-refractivity contribution in [3.63, 3.8) is 0 Å². The molecule has 1 aromatic carbocycles. The summed E-state index contributed by atoms with van der Waals surface area (Å²) in [4.78, 5) is 18.8. The van der Waals surface area contributed by atoms with Crippen molar-refractivity contribution in [3.8, 4) is 22.1 Å². The largest absolute Gasteiger partial charge is 0.493 e. The summed E-state index contributed by atoms with van der Waals surface area (Å²) in [7, 11) is 3.16. The average Bonchev–Trinajstić information content (AvgIpc) is 3.33. The minimum Gasteiger partial charge on any atom is -0.493 e. The Morgan fingerprint density at radius 2 is 2.07 bits per heavy atom. The van der Waals surface area contributed by atoms with Crippen LogP contribution in [0.1, 0.15) is 15.4 Å². The lowest BCUT2D eigenvalue weighted by Crippen LogP contribution is -2.19. The van der Waals surface area contributed by atoms with E-state index in [0.717, 1.165) is 26.0 Å². The van der Waals surface area contributed by atoms with E-state index in [4.69, 9.17) is 9.47 Å². The summed E-state index contributed by atoms with van der Waals surface area (Å²) in [6.45, 7) is 2.47. The number of ether oxygens (including phenoxy) is 2. The van der Waals surface area contributed by atoms with Crippen LogP contribution in [0.4, 0.5) is 0 Å². The molecule has 140 valence electrons. The van der Waals surface area contributed by atoms with E-state index in [9.17, 15) is 4.79 Å². The fourth-order valence-corrected chi connectivity index (χ4v) is 4.12. The van der Waals surface area contributed by atoms with Gasteiger partial charge in [0, 0.05) is 21.9 Å². The predicted octanol–water partition coefficient (Wildman–Crippen LogP) is 4.53. The molecule has 0 fully saturated rings. The van der Waals surface area contributed by atoms with E-state index in [0.29, 0.717) is 18.0 Å². The second-order valence-electron chi connectivity index (χ2n) is 5.65. The number of amides is 1. The second-order valence-corrected chi connectivity index (χ2v) is 7.88. The third-order valence-electron chi connectivity index (χ3n) is 3.82. The van der Waals surface area contributed by atoms with Crippen molar-refractivity contribution in [1.82, 2.24) is 10.3 Å². The number of rotatable bonds is 7. The molecule has 0 atom stereocenters. The highest BCUT2D eigenvalue weighted by molar-refractivity contribution is 7.16. The number of thiazole rings is 1. The van der Waals surface area contributed by atoms with Gasteiger partial charge in [0.1, 0.15) is 0 Å². The number of aromatic nitrogens is 1. The Balaban J connectivity index is 1.60. The number of hydrogen-bond donors (Lipinski definition) is 1. The van der Waals surface area contributed by atoms with Gasteiger partial charge < -0.3 is 14.8 Å². The van der Waals surface area contributed by atoms with Crippen LogP contribution in [0, 0.1) is 6.92 Å². The maximum Gasteiger partial charge on any atom is 0.244 e. The molecule has 5 nitrogen and oxygen atoms in total. The molecule has 0 spiro atoms. The Hall–Kier alpha value is -2.64. The maximum absolute atomic E-state index is 12.1. The van der Waals surface area contributed by atoms with Gasteiger partial charge in [0.2, 0.25) is 5.91 Å². The van der Waals surface area contributed by atoms with Gasteiger partial charge in [-0.3, -0.25) is 4.79 Å². The zero-order valence-corrected chi connectivity index (χ0v) is 16.9. The van der Waals surface area contributed by atoms with Crippen molar-refractivity contribution in [1.29, 1.82) is 0 Å². The maximum atomic E-state index is 12.1. The number of benzene rings is 1. The number of aryl methyl sites for hydroxylation is 1. The van der Waals surface area contributed by atoms with E-state index >= 15 is 0 Å². The van der Waals surface area contributed by atoms with Gasteiger partial charge in [-0.1, -0.05) is 12.1 Å². The molecule has 0 saturated heterocycles. The fourth-order valence-electron chi connectivity index (χ4n) is 2.53. The van der Waals surface area contributed by atoms with Crippen LogP contribution in [0.5, 0.6) is 11.5 Å². The van der Waals surface area contributed by atoms with Gasteiger partial charge in [-0.15, -0.1) is 22.7 Å². The van der Waals surface area contributed by atoms with Crippen LogP contribution in [-0.4, -0.2) is 25.1 Å². The summed E-state index contributed by atoms with van der Waals surface area (Å²) in [5, 5.41) is 6.00. The zero-order valence-electron chi connectivity index (χ0n) is 15.3. The lowest BCUT2D eigenvalue weighted by Gasteiger charge is -2.09. The van der Waals surface area contributed by atoms with Crippen LogP contribution < -0.4 is 14.8 Å². The van der Waals surface area contributed by atoms with Crippen molar-refractivity contribution >= 4 is 34.7 Å². The van der Waals surface area contributed by atoms with Gasteiger partial charge in [-0.2, -0.15) is 0 Å². The molecule has 1 amide bonds. The molecule has 2 heterocycles. The lowest BCUT2D eigenvalue weighted by molar-refractivity contribution is -0.116. The number of carbonyl (C=O) groups excluding carboxylic acids is 1. The number of para-hydroxylation sites is 1. The molecule has 0 aliphatic heterocycles. The first-order valence-electron chi connectivity index (χ1n) is 8.29. The Labute approximate surface area is 166 Å². The molecule has 27 heavy (non-hydrogen) atoms. The molecule has 3 aromatic rings. The number of carbonyl (C=O) groups is 1. The quantitative estimate of drug-likeness (QED) is 0.592. The van der Waals surface area contributed by atoms with Gasteiger partial charge in [-0.25, -0.2) is 4.98 Å². The smallest absolute Gasteiger partial charge is 0.244 e. The zero-order chi connectivity index (χ0) is 19.2. The summed E-state index contributed by atoms with van der Waals surface area (Å²) < 4.78 is 10.6. The monoisotopic (exact) mass is 400 g/mol. The van der Waals surface area contributed by atoms with Crippen LogP contribution in [0.2, 0.25) is 0 Å². The molecule has 3 rings (SSSR count). The van der Waals surface area contributed by atoms with E-state index < -0.39 is 0 Å². The topological polar surface area (TPSA) is 60.5 Å². The minimum atomic E-state index is -0.167. The van der Waals surface area contributed by atoms with Gasteiger partial charge in [-0.05, 0) is 31.2 Å². The second kappa shape index (κ2) is 8.83. The highest BCUT2D eigenvalue weighted by atomic mass is 32.1. The molecule has 0 aliphatic rings. The molecule has 0 saturated carbocycles. The SMILES string of the molecule is COc1cccc(/C=C/C(=O)NCc2ccc(-c3csc(C)n3)s2)c1OC. The molecular formula is C20H20N2O3S2. The molecular weight excluding hydrogens is 380 g/mol. The van der Waals surface area contributed by atoms with Crippen LogP contribution in [0.15, 0.2) is 41.8 Å². The highest BCUT2D eigenvalue weighted by Gasteiger charge is 2.08. The summed E-state index contributed by atoms with van der Waals surface area (Å²) in [5.74, 6) is 1.06. The van der Waals surface area contributed by atoms with E-state index in [-0.39, 0.29) is 5.91 Å². The number of nitrogens with one attached hydrogen (secondary N) is 1. The first-order chi connectivity index (χ1) is 13.1. The Bertz CT molecular complexity index is 960. The Kier molecular flexibility index (Phi) is 6.26. The fraction of sp³-hybridized carbons (Fsp3) is 0.200. The van der Waals surface area contributed by atoms with Crippen molar-refractivity contribution in [2.24, 2.45) is 0 Å². The van der Waals surface area contributed by atoms with Crippen molar-refractivity contribution in [3.05, 3.63) is 57.2 Å². The molecule has 7 heteroatoms. The molecule has 0 unspecified atom stereocenters. The minimum absolute atomic E-state index is 0.167. The third-order valence-corrected chi connectivity index (χ3v) is 5.70.